The first-order valence-electron chi connectivity index (χ1n) is 8.00. The van der Waals surface area contributed by atoms with E-state index in [2.05, 4.69) is 10.3 Å². The fourth-order valence-corrected chi connectivity index (χ4v) is 2.48. The van der Waals surface area contributed by atoms with Crippen molar-refractivity contribution in [2.75, 3.05) is 33.2 Å². The summed E-state index contributed by atoms with van der Waals surface area (Å²) in [6.07, 6.45) is 0.666. The first-order valence-corrected chi connectivity index (χ1v) is 8.00. The number of halogens is 1. The van der Waals surface area contributed by atoms with E-state index < -0.39 is 0 Å². The van der Waals surface area contributed by atoms with Crippen molar-refractivity contribution in [1.82, 2.24) is 0 Å². The second-order valence-corrected chi connectivity index (χ2v) is 5.50. The van der Waals surface area contributed by atoms with Crippen LogP contribution in [0.25, 0.3) is 0 Å². The largest absolute Gasteiger partial charge is 0.493 e. The third-order valence-corrected chi connectivity index (χ3v) is 3.77. The van der Waals surface area contributed by atoms with Crippen LogP contribution in [0, 0.1) is 6.92 Å². The number of hydrogen-bond donors (Lipinski definition) is 2. The maximum atomic E-state index is 5.94. The number of nitrogens with two attached hydrogens (primary N) is 1. The van der Waals surface area contributed by atoms with E-state index in [1.54, 1.807) is 21.3 Å². The van der Waals surface area contributed by atoms with Crippen molar-refractivity contribution in [2.45, 2.75) is 13.3 Å². The second-order valence-electron chi connectivity index (χ2n) is 5.50. The van der Waals surface area contributed by atoms with Crippen LogP contribution in [0.2, 0.25) is 0 Å². The summed E-state index contributed by atoms with van der Waals surface area (Å²) >= 11 is 0. The Morgan fingerprint density at radius 3 is 2.19 bits per heavy atom. The molecule has 2 rings (SSSR count). The molecule has 0 spiro atoms. The van der Waals surface area contributed by atoms with Crippen LogP contribution in [0.15, 0.2) is 41.4 Å². The molecule has 7 heteroatoms. The van der Waals surface area contributed by atoms with Crippen molar-refractivity contribution in [2.24, 2.45) is 10.7 Å². The molecule has 0 radical (unpaired) electrons. The van der Waals surface area contributed by atoms with Crippen LogP contribution in [-0.2, 0) is 6.42 Å². The molecule has 0 heterocycles. The van der Waals surface area contributed by atoms with Crippen LogP contribution < -0.4 is 25.3 Å². The van der Waals surface area contributed by atoms with Gasteiger partial charge >= 0.3 is 0 Å². The second kappa shape index (κ2) is 10.7. The first-order chi connectivity index (χ1) is 12.1. The Hall–Kier alpha value is -2.16. The monoisotopic (exact) mass is 471 g/mol. The lowest BCUT2D eigenvalue weighted by atomic mass is 10.1. The lowest BCUT2D eigenvalue weighted by molar-refractivity contribution is 0.322. The minimum Gasteiger partial charge on any atom is -0.493 e. The van der Waals surface area contributed by atoms with Gasteiger partial charge in [0.1, 0.15) is 0 Å². The molecule has 0 bridgehead atoms. The SMILES string of the molecule is COc1ccc(CCN=C(N)Nc2ccc(C)cc2)c(OC)c1OC.I. The van der Waals surface area contributed by atoms with E-state index in [4.69, 9.17) is 19.9 Å². The molecule has 26 heavy (non-hydrogen) atoms. The quantitative estimate of drug-likeness (QED) is 0.367. The molecule has 0 aliphatic heterocycles. The number of rotatable bonds is 7. The summed E-state index contributed by atoms with van der Waals surface area (Å²) in [5.74, 6) is 2.25. The molecule has 0 aliphatic carbocycles. The lowest BCUT2D eigenvalue weighted by Gasteiger charge is -2.15. The highest BCUT2D eigenvalue weighted by molar-refractivity contribution is 14.0. The van der Waals surface area contributed by atoms with Crippen LogP contribution in [0.3, 0.4) is 0 Å². The van der Waals surface area contributed by atoms with Gasteiger partial charge in [0, 0.05) is 17.8 Å². The highest BCUT2D eigenvalue weighted by atomic mass is 127. The van der Waals surface area contributed by atoms with Gasteiger partial charge in [-0.1, -0.05) is 23.8 Å². The summed E-state index contributed by atoms with van der Waals surface area (Å²) in [6.45, 7) is 2.56. The van der Waals surface area contributed by atoms with Gasteiger partial charge in [0.05, 0.1) is 21.3 Å². The number of methoxy groups -OCH3 is 3. The number of nitrogens with zero attached hydrogens (tertiary/aromatic N) is 1. The zero-order valence-corrected chi connectivity index (χ0v) is 17.9. The Morgan fingerprint density at radius 2 is 1.62 bits per heavy atom. The van der Waals surface area contributed by atoms with Crippen molar-refractivity contribution < 1.29 is 14.2 Å². The predicted molar refractivity (Wildman–Crippen MR) is 117 cm³/mol. The van der Waals surface area contributed by atoms with E-state index in [0.29, 0.717) is 36.2 Å². The van der Waals surface area contributed by atoms with E-state index >= 15 is 0 Å². The average Bonchev–Trinajstić information content (AvgIpc) is 2.62. The number of aryl methyl sites for hydroxylation is 1. The fourth-order valence-electron chi connectivity index (χ4n) is 2.48. The Morgan fingerprint density at radius 1 is 0.962 bits per heavy atom. The Bertz CT molecular complexity index is 734. The number of aliphatic imine (C=N–C) groups is 1. The van der Waals surface area contributed by atoms with Gasteiger partial charge in [0.15, 0.2) is 17.5 Å². The van der Waals surface area contributed by atoms with E-state index in [9.17, 15) is 0 Å². The van der Waals surface area contributed by atoms with Gasteiger partial charge in [0.2, 0.25) is 5.75 Å². The van der Waals surface area contributed by atoms with Gasteiger partial charge in [-0.05, 0) is 31.5 Å². The van der Waals surface area contributed by atoms with Crippen LogP contribution in [0.5, 0.6) is 17.2 Å². The number of guanidine groups is 1. The van der Waals surface area contributed by atoms with Gasteiger partial charge in [-0.15, -0.1) is 24.0 Å². The van der Waals surface area contributed by atoms with Crippen molar-refractivity contribution in [3.05, 3.63) is 47.5 Å². The highest BCUT2D eigenvalue weighted by Crippen LogP contribution is 2.39. The predicted octanol–water partition coefficient (Wildman–Crippen LogP) is 3.61. The minimum absolute atomic E-state index is 0. The number of anilines is 1. The number of nitrogens with one attached hydrogen (secondary N) is 1. The van der Waals surface area contributed by atoms with Gasteiger partial charge in [-0.25, -0.2) is 0 Å². The number of ether oxygens (including phenoxy) is 3. The molecule has 0 saturated heterocycles. The Kier molecular flexibility index (Phi) is 9.04. The smallest absolute Gasteiger partial charge is 0.203 e. The third-order valence-electron chi connectivity index (χ3n) is 3.77. The summed E-state index contributed by atoms with van der Waals surface area (Å²) in [5.41, 5.74) is 9.03. The summed E-state index contributed by atoms with van der Waals surface area (Å²) in [5, 5.41) is 3.08. The van der Waals surface area contributed by atoms with E-state index in [1.807, 2.05) is 43.3 Å². The van der Waals surface area contributed by atoms with Crippen molar-refractivity contribution in [3.8, 4) is 17.2 Å². The molecule has 0 atom stereocenters. The van der Waals surface area contributed by atoms with Gasteiger partial charge in [-0.3, -0.25) is 4.99 Å². The maximum absolute atomic E-state index is 5.94. The molecule has 142 valence electrons. The van der Waals surface area contributed by atoms with Crippen LogP contribution in [0.4, 0.5) is 5.69 Å². The molecular weight excluding hydrogens is 445 g/mol. The zero-order valence-electron chi connectivity index (χ0n) is 15.5. The standard InChI is InChI=1S/C19H25N3O3.HI/c1-13-5-8-15(9-6-13)22-19(20)21-12-11-14-7-10-16(23-2)18(25-4)17(14)24-3;/h5-10H,11-12H2,1-4H3,(H3,20,21,22);1H. The van der Waals surface area contributed by atoms with E-state index in [0.717, 1.165) is 11.3 Å². The summed E-state index contributed by atoms with van der Waals surface area (Å²) in [6, 6.07) is 11.8. The van der Waals surface area contributed by atoms with Gasteiger partial charge in [0.25, 0.3) is 0 Å². The molecular formula is C19H26IN3O3. The topological polar surface area (TPSA) is 78.1 Å². The lowest BCUT2D eigenvalue weighted by Crippen LogP contribution is -2.23. The molecule has 0 unspecified atom stereocenters. The van der Waals surface area contributed by atoms with Gasteiger partial charge in [-0.2, -0.15) is 0 Å². The van der Waals surface area contributed by atoms with Crippen LogP contribution in [-0.4, -0.2) is 33.8 Å². The molecule has 0 aromatic heterocycles. The third kappa shape index (κ3) is 5.69. The van der Waals surface area contributed by atoms with Gasteiger partial charge < -0.3 is 25.3 Å². The summed E-state index contributed by atoms with van der Waals surface area (Å²) < 4.78 is 16.2. The first kappa shape index (κ1) is 21.9. The zero-order chi connectivity index (χ0) is 18.2. The summed E-state index contributed by atoms with van der Waals surface area (Å²) in [7, 11) is 4.79. The van der Waals surface area contributed by atoms with Crippen molar-refractivity contribution in [3.63, 3.8) is 0 Å². The average molecular weight is 471 g/mol. The molecule has 2 aromatic rings. The molecule has 0 saturated carbocycles. The molecule has 3 N–H and O–H groups in total. The molecule has 0 amide bonds. The Labute approximate surface area is 171 Å². The highest BCUT2D eigenvalue weighted by Gasteiger charge is 2.15. The van der Waals surface area contributed by atoms with Crippen molar-refractivity contribution >= 4 is 35.6 Å². The molecule has 0 aliphatic rings. The van der Waals surface area contributed by atoms with Crippen molar-refractivity contribution in [1.29, 1.82) is 0 Å². The van der Waals surface area contributed by atoms with Crippen LogP contribution in [0.1, 0.15) is 11.1 Å². The molecule has 0 fully saturated rings. The fraction of sp³-hybridized carbons (Fsp3) is 0.316. The van der Waals surface area contributed by atoms with Crippen LogP contribution >= 0.6 is 24.0 Å². The van der Waals surface area contributed by atoms with E-state index in [1.165, 1.54) is 5.56 Å². The molecule has 6 nitrogen and oxygen atoms in total. The number of hydrogen-bond acceptors (Lipinski definition) is 4. The normalized spacial score (nSPS) is 10.7. The summed E-state index contributed by atoms with van der Waals surface area (Å²) in [4.78, 5) is 4.37. The minimum atomic E-state index is 0. The van der Waals surface area contributed by atoms with E-state index in [-0.39, 0.29) is 24.0 Å². The maximum Gasteiger partial charge on any atom is 0.203 e. The molecule has 2 aromatic carbocycles. The number of benzene rings is 2. The Balaban J connectivity index is 0.00000338.